The van der Waals surface area contributed by atoms with E-state index in [1.807, 2.05) is 6.92 Å². The zero-order valence-corrected chi connectivity index (χ0v) is 12.2. The average molecular weight is 318 g/mol. The Kier molecular flexibility index (Phi) is 5.05. The Morgan fingerprint density at radius 1 is 1.32 bits per heavy atom. The van der Waals surface area contributed by atoms with E-state index in [0.29, 0.717) is 18.9 Å². The third kappa shape index (κ3) is 3.58. The summed E-state index contributed by atoms with van der Waals surface area (Å²) >= 11 is 0. The van der Waals surface area contributed by atoms with Crippen molar-refractivity contribution in [1.29, 1.82) is 0 Å². The van der Waals surface area contributed by atoms with Crippen LogP contribution < -0.4 is 0 Å². The van der Waals surface area contributed by atoms with E-state index in [9.17, 15) is 22.8 Å². The molecule has 0 bridgehead atoms. The van der Waals surface area contributed by atoms with Gasteiger partial charge >= 0.3 is 6.18 Å². The second-order valence-electron chi connectivity index (χ2n) is 5.39. The second-order valence-corrected chi connectivity index (χ2v) is 5.39. The van der Waals surface area contributed by atoms with Crippen molar-refractivity contribution in [3.63, 3.8) is 0 Å². The first kappa shape index (κ1) is 16.7. The Morgan fingerprint density at radius 3 is 2.41 bits per heavy atom. The summed E-state index contributed by atoms with van der Waals surface area (Å²) in [5.41, 5.74) is -0.987. The van der Waals surface area contributed by atoms with Crippen molar-refractivity contribution >= 4 is 5.71 Å². The highest BCUT2D eigenvalue weighted by Crippen LogP contribution is 2.31. The summed E-state index contributed by atoms with van der Waals surface area (Å²) < 4.78 is 51.7. The Bertz CT molecular complexity index is 549. The molecule has 3 nitrogen and oxygen atoms in total. The van der Waals surface area contributed by atoms with Gasteiger partial charge in [0.05, 0.1) is 11.3 Å². The predicted octanol–water partition coefficient (Wildman–Crippen LogP) is 3.75. The third-order valence-corrected chi connectivity index (χ3v) is 4.10. The quantitative estimate of drug-likeness (QED) is 0.399. The normalized spacial score (nSPS) is 18.7. The summed E-state index contributed by atoms with van der Waals surface area (Å²) in [6, 6.07) is 2.30. The number of benzene rings is 1. The third-order valence-electron chi connectivity index (χ3n) is 4.10. The van der Waals surface area contributed by atoms with Crippen LogP contribution in [0.2, 0.25) is 0 Å². The molecule has 0 aliphatic carbocycles. The molecule has 0 atom stereocenters. The minimum Gasteiger partial charge on any atom is -0.411 e. The lowest BCUT2D eigenvalue weighted by Crippen LogP contribution is -2.36. The molecule has 1 aromatic rings. The fraction of sp³-hybridized carbons (Fsp3) is 0.533. The molecule has 7 heteroatoms. The van der Waals surface area contributed by atoms with E-state index in [1.165, 1.54) is 0 Å². The molecule has 1 saturated heterocycles. The van der Waals surface area contributed by atoms with Gasteiger partial charge in [0.15, 0.2) is 0 Å². The van der Waals surface area contributed by atoms with Crippen molar-refractivity contribution in [1.82, 2.24) is 4.90 Å². The van der Waals surface area contributed by atoms with E-state index in [4.69, 9.17) is 0 Å². The van der Waals surface area contributed by atoms with Crippen molar-refractivity contribution in [3.8, 4) is 0 Å². The molecule has 0 spiro atoms. The molecule has 22 heavy (non-hydrogen) atoms. The minimum absolute atomic E-state index is 0.0644. The fourth-order valence-corrected chi connectivity index (χ4v) is 2.78. The number of nitrogens with zero attached hydrogens (tertiary/aromatic N) is 2. The standard InChI is InChI=1S/C15H18F4N2O/c1-2-21-7-5-10(6-8-21)14(20-22)12-4-3-11(9-13(12)16)15(17,18)19/h3-4,9-10,22H,2,5-8H2,1H3/b20-14+. The van der Waals surface area contributed by atoms with Crippen LogP contribution in [0, 0.1) is 11.7 Å². The zero-order chi connectivity index (χ0) is 16.3. The van der Waals surface area contributed by atoms with Crippen LogP contribution >= 0.6 is 0 Å². The summed E-state index contributed by atoms with van der Waals surface area (Å²) in [5, 5.41) is 12.4. The van der Waals surface area contributed by atoms with Gasteiger partial charge in [0.1, 0.15) is 5.82 Å². The number of hydrogen-bond acceptors (Lipinski definition) is 3. The molecule has 0 radical (unpaired) electrons. The molecule has 0 aromatic heterocycles. The molecule has 0 amide bonds. The van der Waals surface area contributed by atoms with Crippen LogP contribution in [0.5, 0.6) is 0 Å². The highest BCUT2D eigenvalue weighted by molar-refractivity contribution is 6.02. The van der Waals surface area contributed by atoms with Crippen molar-refractivity contribution in [2.24, 2.45) is 11.1 Å². The lowest BCUT2D eigenvalue weighted by Gasteiger charge is -2.31. The fourth-order valence-electron chi connectivity index (χ4n) is 2.78. The molecule has 1 N–H and O–H groups in total. The molecule has 1 aromatic carbocycles. The Hall–Kier alpha value is -1.63. The molecular formula is C15H18F4N2O. The van der Waals surface area contributed by atoms with Crippen molar-refractivity contribution in [2.75, 3.05) is 19.6 Å². The van der Waals surface area contributed by atoms with E-state index >= 15 is 0 Å². The maximum absolute atomic E-state index is 14.0. The van der Waals surface area contributed by atoms with Gasteiger partial charge in [-0.15, -0.1) is 0 Å². The van der Waals surface area contributed by atoms with Gasteiger partial charge < -0.3 is 10.1 Å². The number of likely N-dealkylation sites (tertiary alicyclic amines) is 1. The van der Waals surface area contributed by atoms with Gasteiger partial charge in [-0.05, 0) is 50.7 Å². The topological polar surface area (TPSA) is 35.8 Å². The van der Waals surface area contributed by atoms with Crippen molar-refractivity contribution in [2.45, 2.75) is 25.9 Å². The number of piperidine rings is 1. The van der Waals surface area contributed by atoms with Crippen LogP contribution in [0.15, 0.2) is 23.4 Å². The largest absolute Gasteiger partial charge is 0.416 e. The summed E-state index contributed by atoms with van der Waals surface area (Å²) in [6.07, 6.45) is -3.22. The molecule has 0 saturated carbocycles. The van der Waals surface area contributed by atoms with E-state index < -0.39 is 17.6 Å². The van der Waals surface area contributed by atoms with Gasteiger partial charge in [0.2, 0.25) is 0 Å². The Labute approximate surface area is 126 Å². The Morgan fingerprint density at radius 2 is 1.95 bits per heavy atom. The molecule has 1 fully saturated rings. The van der Waals surface area contributed by atoms with Crippen LogP contribution in [-0.2, 0) is 6.18 Å². The highest BCUT2D eigenvalue weighted by Gasteiger charge is 2.32. The van der Waals surface area contributed by atoms with Crippen LogP contribution in [0.1, 0.15) is 30.9 Å². The van der Waals surface area contributed by atoms with Gasteiger partial charge in [-0.2, -0.15) is 13.2 Å². The molecule has 1 aliphatic heterocycles. The molecule has 122 valence electrons. The van der Waals surface area contributed by atoms with E-state index in [0.717, 1.165) is 31.8 Å². The van der Waals surface area contributed by atoms with Gasteiger partial charge in [-0.1, -0.05) is 12.1 Å². The van der Waals surface area contributed by atoms with Gasteiger partial charge in [0.25, 0.3) is 0 Å². The van der Waals surface area contributed by atoms with Crippen molar-refractivity contribution in [3.05, 3.63) is 35.1 Å². The van der Waals surface area contributed by atoms with Gasteiger partial charge in [-0.25, -0.2) is 4.39 Å². The van der Waals surface area contributed by atoms with E-state index in [1.54, 1.807) is 0 Å². The lowest BCUT2D eigenvalue weighted by molar-refractivity contribution is -0.137. The van der Waals surface area contributed by atoms with E-state index in [2.05, 4.69) is 10.1 Å². The number of halogens is 4. The maximum atomic E-state index is 14.0. The summed E-state index contributed by atoms with van der Waals surface area (Å²) in [6.45, 7) is 4.54. The average Bonchev–Trinajstić information content (AvgIpc) is 2.49. The summed E-state index contributed by atoms with van der Waals surface area (Å²) in [7, 11) is 0. The molecule has 1 heterocycles. The minimum atomic E-state index is -4.59. The van der Waals surface area contributed by atoms with Crippen LogP contribution in [0.25, 0.3) is 0 Å². The zero-order valence-electron chi connectivity index (χ0n) is 12.2. The molecule has 1 aliphatic rings. The first-order chi connectivity index (χ1) is 10.4. The first-order valence-electron chi connectivity index (χ1n) is 7.18. The molecule has 0 unspecified atom stereocenters. The molecule has 2 rings (SSSR count). The lowest BCUT2D eigenvalue weighted by atomic mass is 9.87. The van der Waals surface area contributed by atoms with Gasteiger partial charge in [-0.3, -0.25) is 0 Å². The summed E-state index contributed by atoms with van der Waals surface area (Å²) in [4.78, 5) is 2.22. The van der Waals surface area contributed by atoms with Gasteiger partial charge in [0, 0.05) is 11.5 Å². The second kappa shape index (κ2) is 6.64. The number of oxime groups is 1. The van der Waals surface area contributed by atoms with Crippen molar-refractivity contribution < 1.29 is 22.8 Å². The maximum Gasteiger partial charge on any atom is 0.416 e. The SMILES string of the molecule is CCN1CCC(/C(=N\O)c2ccc(C(F)(F)F)cc2F)CC1. The van der Waals surface area contributed by atoms with Crippen LogP contribution in [0.3, 0.4) is 0 Å². The smallest absolute Gasteiger partial charge is 0.411 e. The number of alkyl halides is 3. The monoisotopic (exact) mass is 318 g/mol. The van der Waals surface area contributed by atoms with Crippen LogP contribution in [-0.4, -0.2) is 35.5 Å². The number of hydrogen-bond donors (Lipinski definition) is 1. The summed E-state index contributed by atoms with van der Waals surface area (Å²) in [5.74, 6) is -1.17. The molecular weight excluding hydrogens is 300 g/mol. The van der Waals surface area contributed by atoms with Crippen LogP contribution in [0.4, 0.5) is 17.6 Å². The first-order valence-corrected chi connectivity index (χ1v) is 7.18. The number of rotatable bonds is 3. The Balaban J connectivity index is 2.22. The van der Waals surface area contributed by atoms with E-state index in [-0.39, 0.29) is 17.2 Å². The predicted molar refractivity (Wildman–Crippen MR) is 74.6 cm³/mol. The highest BCUT2D eigenvalue weighted by atomic mass is 19.4.